The molecule has 2 aromatic heterocycles. The Morgan fingerprint density at radius 3 is 2.73 bits per heavy atom. The van der Waals surface area contributed by atoms with Gasteiger partial charge < -0.3 is 10.1 Å². The highest BCUT2D eigenvalue weighted by Crippen LogP contribution is 2.26. The van der Waals surface area contributed by atoms with Gasteiger partial charge >= 0.3 is 6.61 Å². The van der Waals surface area contributed by atoms with Gasteiger partial charge in [0.25, 0.3) is 0 Å². The molecule has 1 amide bonds. The van der Waals surface area contributed by atoms with Crippen molar-refractivity contribution < 1.29 is 18.3 Å². The van der Waals surface area contributed by atoms with E-state index in [-0.39, 0.29) is 22.6 Å². The molecule has 0 saturated carbocycles. The van der Waals surface area contributed by atoms with Crippen LogP contribution in [0.15, 0.2) is 60.4 Å². The van der Waals surface area contributed by atoms with Crippen LogP contribution in [0.1, 0.15) is 0 Å². The fraction of sp³-hybridized carbons (Fsp3) is 0.158. The molecule has 0 aliphatic heterocycles. The summed E-state index contributed by atoms with van der Waals surface area (Å²) in [5.74, 6) is 0.348. The van der Waals surface area contributed by atoms with E-state index in [1.54, 1.807) is 34.9 Å². The van der Waals surface area contributed by atoms with Crippen molar-refractivity contribution in [2.24, 2.45) is 0 Å². The minimum Gasteiger partial charge on any atom is -0.435 e. The average molecular weight is 452 g/mol. The first-order valence-electron chi connectivity index (χ1n) is 8.60. The zero-order chi connectivity index (χ0) is 21.5. The molecule has 7 nitrogen and oxygen atoms in total. The van der Waals surface area contributed by atoms with Gasteiger partial charge in [-0.3, -0.25) is 9.36 Å². The quantitative estimate of drug-likeness (QED) is 0.293. The van der Waals surface area contributed by atoms with Gasteiger partial charge in [-0.1, -0.05) is 29.4 Å². The van der Waals surface area contributed by atoms with E-state index >= 15 is 0 Å². The van der Waals surface area contributed by atoms with Gasteiger partial charge in [-0.05, 0) is 36.4 Å². The molecule has 0 spiro atoms. The number of hydrogen-bond donors (Lipinski definition) is 1. The van der Waals surface area contributed by atoms with Crippen molar-refractivity contribution in [3.05, 3.63) is 60.4 Å². The second-order valence-electron chi connectivity index (χ2n) is 5.79. The molecule has 0 aliphatic rings. The number of allylic oxidation sites excluding steroid dienone is 1. The predicted octanol–water partition coefficient (Wildman–Crippen LogP) is 4.51. The summed E-state index contributed by atoms with van der Waals surface area (Å²) in [5, 5.41) is 11.7. The fourth-order valence-electron chi connectivity index (χ4n) is 2.48. The standard InChI is InChI=1S/C19H16ClF2N5O2S/c1-2-10-27-17(12-5-7-13(8-6-12)29-18(21)22)25-26-19(27)30-11-15(28)24-14-4-3-9-23-16(14)20/h2-9,18H,1,10-11H2,(H,24,28). The number of aromatic nitrogens is 4. The Labute approximate surface area is 180 Å². The summed E-state index contributed by atoms with van der Waals surface area (Å²) in [6.07, 6.45) is 3.19. The number of benzene rings is 1. The van der Waals surface area contributed by atoms with E-state index in [0.29, 0.717) is 28.8 Å². The second-order valence-corrected chi connectivity index (χ2v) is 7.09. The highest BCUT2D eigenvalue weighted by molar-refractivity contribution is 7.99. The van der Waals surface area contributed by atoms with E-state index in [1.165, 1.54) is 30.1 Å². The van der Waals surface area contributed by atoms with E-state index in [1.807, 2.05) is 0 Å². The Balaban J connectivity index is 1.71. The number of hydrogen-bond acceptors (Lipinski definition) is 6. The molecule has 2 heterocycles. The number of rotatable bonds is 9. The molecule has 3 rings (SSSR count). The number of halogens is 3. The third kappa shape index (κ3) is 5.55. The first kappa shape index (κ1) is 21.7. The van der Waals surface area contributed by atoms with Crippen molar-refractivity contribution >= 4 is 35.0 Å². The Hall–Kier alpha value is -2.98. The van der Waals surface area contributed by atoms with E-state index in [4.69, 9.17) is 11.6 Å². The molecule has 0 aliphatic carbocycles. The molecular formula is C19H16ClF2N5O2S. The molecule has 0 atom stereocenters. The van der Waals surface area contributed by atoms with Crippen LogP contribution in [0.2, 0.25) is 5.15 Å². The van der Waals surface area contributed by atoms with Gasteiger partial charge in [0.15, 0.2) is 16.1 Å². The summed E-state index contributed by atoms with van der Waals surface area (Å²) in [5.41, 5.74) is 1.08. The van der Waals surface area contributed by atoms with Crippen LogP contribution in [-0.2, 0) is 11.3 Å². The second kappa shape index (κ2) is 10.2. The summed E-state index contributed by atoms with van der Waals surface area (Å²) in [4.78, 5) is 16.1. The first-order valence-corrected chi connectivity index (χ1v) is 9.96. The summed E-state index contributed by atoms with van der Waals surface area (Å²) in [6.45, 7) is 1.24. The molecule has 0 bridgehead atoms. The van der Waals surface area contributed by atoms with Crippen molar-refractivity contribution in [1.29, 1.82) is 0 Å². The maximum atomic E-state index is 12.3. The van der Waals surface area contributed by atoms with Crippen LogP contribution in [0.25, 0.3) is 11.4 Å². The van der Waals surface area contributed by atoms with E-state index < -0.39 is 6.61 Å². The van der Waals surface area contributed by atoms with Crippen molar-refractivity contribution in [3.8, 4) is 17.1 Å². The van der Waals surface area contributed by atoms with Crippen molar-refractivity contribution in [2.45, 2.75) is 18.3 Å². The molecule has 0 fully saturated rings. The van der Waals surface area contributed by atoms with E-state index in [0.717, 1.165) is 0 Å². The zero-order valence-corrected chi connectivity index (χ0v) is 17.0. The molecule has 0 saturated heterocycles. The largest absolute Gasteiger partial charge is 0.435 e. The molecule has 1 aromatic carbocycles. The van der Waals surface area contributed by atoms with Gasteiger partial charge in [-0.25, -0.2) is 4.98 Å². The minimum absolute atomic E-state index is 0.0452. The van der Waals surface area contributed by atoms with Gasteiger partial charge in [0.05, 0.1) is 11.4 Å². The lowest BCUT2D eigenvalue weighted by atomic mass is 10.2. The van der Waals surface area contributed by atoms with Gasteiger partial charge in [0.2, 0.25) is 5.91 Å². The van der Waals surface area contributed by atoms with Crippen LogP contribution in [0, 0.1) is 0 Å². The number of thioether (sulfide) groups is 1. The van der Waals surface area contributed by atoms with E-state index in [2.05, 4.69) is 31.8 Å². The van der Waals surface area contributed by atoms with Crippen molar-refractivity contribution in [3.63, 3.8) is 0 Å². The summed E-state index contributed by atoms with van der Waals surface area (Å²) >= 11 is 7.13. The maximum absolute atomic E-state index is 12.3. The predicted molar refractivity (Wildman–Crippen MR) is 111 cm³/mol. The summed E-state index contributed by atoms with van der Waals surface area (Å²) in [7, 11) is 0. The van der Waals surface area contributed by atoms with E-state index in [9.17, 15) is 13.6 Å². The molecule has 30 heavy (non-hydrogen) atoms. The maximum Gasteiger partial charge on any atom is 0.387 e. The van der Waals surface area contributed by atoms with Crippen molar-refractivity contribution in [1.82, 2.24) is 19.7 Å². The van der Waals surface area contributed by atoms with Crippen LogP contribution in [-0.4, -0.2) is 38.0 Å². The lowest BCUT2D eigenvalue weighted by molar-refractivity contribution is -0.113. The molecule has 0 unspecified atom stereocenters. The Morgan fingerprint density at radius 2 is 2.07 bits per heavy atom. The lowest BCUT2D eigenvalue weighted by Crippen LogP contribution is -2.15. The van der Waals surface area contributed by atoms with Gasteiger partial charge in [0.1, 0.15) is 5.75 Å². The number of carbonyl (C=O) groups excluding carboxylic acids is 1. The van der Waals surface area contributed by atoms with Crippen LogP contribution >= 0.6 is 23.4 Å². The SMILES string of the molecule is C=CCn1c(SCC(=O)Nc2cccnc2Cl)nnc1-c1ccc(OC(F)F)cc1. The Bertz CT molecular complexity index is 1030. The highest BCUT2D eigenvalue weighted by Gasteiger charge is 2.16. The number of nitrogens with one attached hydrogen (secondary N) is 1. The molecule has 156 valence electrons. The smallest absolute Gasteiger partial charge is 0.387 e. The first-order chi connectivity index (χ1) is 14.5. The van der Waals surface area contributed by atoms with Gasteiger partial charge in [-0.2, -0.15) is 8.78 Å². The Morgan fingerprint density at radius 1 is 1.30 bits per heavy atom. The van der Waals surface area contributed by atoms with Crippen LogP contribution < -0.4 is 10.1 Å². The number of nitrogens with zero attached hydrogens (tertiary/aromatic N) is 4. The third-order valence-electron chi connectivity index (χ3n) is 3.73. The normalized spacial score (nSPS) is 10.8. The summed E-state index contributed by atoms with van der Waals surface area (Å²) in [6, 6.07) is 9.37. The van der Waals surface area contributed by atoms with Gasteiger partial charge in [0, 0.05) is 18.3 Å². The number of ether oxygens (including phenoxy) is 1. The molecule has 0 radical (unpaired) electrons. The Kier molecular flexibility index (Phi) is 7.36. The minimum atomic E-state index is -2.89. The van der Waals surface area contributed by atoms with Crippen LogP contribution in [0.4, 0.5) is 14.5 Å². The highest BCUT2D eigenvalue weighted by atomic mass is 35.5. The number of alkyl halides is 2. The molecule has 3 aromatic rings. The lowest BCUT2D eigenvalue weighted by Gasteiger charge is -2.09. The van der Waals surface area contributed by atoms with Crippen LogP contribution in [0.5, 0.6) is 5.75 Å². The molecular weight excluding hydrogens is 436 g/mol. The number of anilines is 1. The molecule has 1 N–H and O–H groups in total. The van der Waals surface area contributed by atoms with Gasteiger partial charge in [-0.15, -0.1) is 16.8 Å². The molecule has 11 heteroatoms. The summed E-state index contributed by atoms with van der Waals surface area (Å²) < 4.78 is 30.8. The monoisotopic (exact) mass is 451 g/mol. The van der Waals surface area contributed by atoms with Crippen LogP contribution in [0.3, 0.4) is 0 Å². The zero-order valence-electron chi connectivity index (χ0n) is 15.5. The topological polar surface area (TPSA) is 81.9 Å². The number of amides is 1. The van der Waals surface area contributed by atoms with Crippen molar-refractivity contribution in [2.75, 3.05) is 11.1 Å². The number of carbonyl (C=O) groups is 1. The fourth-order valence-corrected chi connectivity index (χ4v) is 3.40. The number of pyridine rings is 1. The third-order valence-corrected chi connectivity index (χ3v) is 5.00. The average Bonchev–Trinajstić information content (AvgIpc) is 3.11.